The Labute approximate surface area is 242 Å². The molecule has 12 heteroatoms. The topological polar surface area (TPSA) is 52.6 Å². The van der Waals surface area contributed by atoms with Gasteiger partial charge >= 0.3 is 0 Å². The predicted molar refractivity (Wildman–Crippen MR) is 158 cm³/mol. The number of rotatable bonds is 3. The monoisotopic (exact) mass is 626 g/mol. The second-order valence-corrected chi connectivity index (χ2v) is 17.0. The third-order valence-corrected chi connectivity index (χ3v) is 16.2. The standard InChI is InChI=1S/C24H18O4S8/c1-3-31-19-11(29-1)9-25-13(19)15-21-23(35-7-5-33-21)17(27-15)18-24-22(34-6-8-36-24)16(28-18)14-20-12(10-26-14)30-2-4-32-20/h9-10H,1-8H2. The van der Waals surface area contributed by atoms with Crippen molar-refractivity contribution in [3.8, 4) is 34.6 Å². The van der Waals surface area contributed by atoms with Crippen molar-refractivity contribution >= 4 is 94.1 Å². The fourth-order valence-electron chi connectivity index (χ4n) is 4.54. The molecule has 0 saturated heterocycles. The minimum Gasteiger partial charge on any atom is -0.459 e. The van der Waals surface area contributed by atoms with E-state index in [1.165, 1.54) is 39.2 Å². The number of thioether (sulfide) groups is 8. The molecule has 8 rings (SSSR count). The van der Waals surface area contributed by atoms with Crippen LogP contribution in [0.3, 0.4) is 0 Å². The van der Waals surface area contributed by atoms with Crippen molar-refractivity contribution in [2.24, 2.45) is 0 Å². The average molecular weight is 627 g/mol. The summed E-state index contributed by atoms with van der Waals surface area (Å²) in [6.07, 6.45) is 3.79. The Balaban J connectivity index is 1.31. The maximum Gasteiger partial charge on any atom is 0.186 e. The van der Waals surface area contributed by atoms with E-state index in [0.717, 1.165) is 80.6 Å². The third kappa shape index (κ3) is 3.83. The van der Waals surface area contributed by atoms with Crippen LogP contribution in [0.25, 0.3) is 34.6 Å². The molecule has 0 aliphatic carbocycles. The number of hydrogen-bond donors (Lipinski definition) is 0. The van der Waals surface area contributed by atoms with Crippen molar-refractivity contribution in [2.75, 3.05) is 46.0 Å². The van der Waals surface area contributed by atoms with E-state index in [9.17, 15) is 0 Å². The van der Waals surface area contributed by atoms with Gasteiger partial charge in [-0.15, -0.1) is 94.1 Å². The second kappa shape index (κ2) is 9.83. The van der Waals surface area contributed by atoms with Gasteiger partial charge in [-0.05, 0) is 0 Å². The number of furan rings is 4. The lowest BCUT2D eigenvalue weighted by atomic mass is 10.3. The quantitative estimate of drug-likeness (QED) is 0.217. The molecular formula is C24H18O4S8. The largest absolute Gasteiger partial charge is 0.459 e. The number of fused-ring (bicyclic) bond motifs is 4. The minimum atomic E-state index is 0.843. The Bertz CT molecular complexity index is 1370. The average Bonchev–Trinajstić information content (AvgIpc) is 3.71. The summed E-state index contributed by atoms with van der Waals surface area (Å²) in [6.45, 7) is 0. The van der Waals surface area contributed by atoms with Gasteiger partial charge in [0.25, 0.3) is 0 Å². The van der Waals surface area contributed by atoms with E-state index >= 15 is 0 Å². The molecule has 4 aliphatic rings. The zero-order valence-electron chi connectivity index (χ0n) is 18.7. The summed E-state index contributed by atoms with van der Waals surface area (Å²) in [6, 6.07) is 0. The van der Waals surface area contributed by atoms with Crippen molar-refractivity contribution in [3.63, 3.8) is 0 Å². The molecule has 0 radical (unpaired) electrons. The van der Waals surface area contributed by atoms with Crippen molar-refractivity contribution in [3.05, 3.63) is 12.5 Å². The first-order valence-corrected chi connectivity index (χ1v) is 19.4. The van der Waals surface area contributed by atoms with E-state index in [1.807, 2.05) is 107 Å². The molecule has 8 heterocycles. The molecule has 0 amide bonds. The molecule has 186 valence electrons. The zero-order chi connectivity index (χ0) is 23.6. The molecule has 0 fully saturated rings. The lowest BCUT2D eigenvalue weighted by Crippen LogP contribution is -1.95. The van der Waals surface area contributed by atoms with Gasteiger partial charge in [0.05, 0.1) is 39.2 Å². The van der Waals surface area contributed by atoms with Crippen molar-refractivity contribution in [1.29, 1.82) is 0 Å². The first-order chi connectivity index (χ1) is 17.9. The molecule has 0 unspecified atom stereocenters. The highest BCUT2D eigenvalue weighted by molar-refractivity contribution is 8.07. The van der Waals surface area contributed by atoms with E-state index in [2.05, 4.69) is 0 Å². The fraction of sp³-hybridized carbons (Fsp3) is 0.333. The molecule has 4 aromatic rings. The van der Waals surface area contributed by atoms with E-state index < -0.39 is 0 Å². The Hall–Kier alpha value is -0.0800. The van der Waals surface area contributed by atoms with Crippen LogP contribution in [0.15, 0.2) is 69.4 Å². The Morgan fingerprint density at radius 2 is 0.667 bits per heavy atom. The highest BCUT2D eigenvalue weighted by Gasteiger charge is 2.37. The summed E-state index contributed by atoms with van der Waals surface area (Å²) >= 11 is 15.0. The van der Waals surface area contributed by atoms with Crippen LogP contribution in [0.1, 0.15) is 0 Å². The molecule has 4 aromatic heterocycles. The summed E-state index contributed by atoms with van der Waals surface area (Å²) in [5, 5.41) is 0. The van der Waals surface area contributed by atoms with Crippen molar-refractivity contribution < 1.29 is 17.7 Å². The van der Waals surface area contributed by atoms with E-state index in [1.54, 1.807) is 0 Å². The molecule has 36 heavy (non-hydrogen) atoms. The van der Waals surface area contributed by atoms with Gasteiger partial charge in [-0.3, -0.25) is 0 Å². The van der Waals surface area contributed by atoms with Crippen LogP contribution in [-0.2, 0) is 0 Å². The van der Waals surface area contributed by atoms with Gasteiger partial charge in [0.2, 0.25) is 0 Å². The first kappa shape index (κ1) is 23.8. The van der Waals surface area contributed by atoms with Crippen molar-refractivity contribution in [1.82, 2.24) is 0 Å². The van der Waals surface area contributed by atoms with Gasteiger partial charge in [0.1, 0.15) is 12.5 Å². The minimum absolute atomic E-state index is 0.843. The maximum atomic E-state index is 6.76. The molecule has 0 spiro atoms. The Morgan fingerprint density at radius 1 is 0.361 bits per heavy atom. The summed E-state index contributed by atoms with van der Waals surface area (Å²) in [7, 11) is 0. The van der Waals surface area contributed by atoms with Gasteiger partial charge in [-0.1, -0.05) is 0 Å². The summed E-state index contributed by atoms with van der Waals surface area (Å²) < 4.78 is 25.8. The molecule has 4 aliphatic heterocycles. The van der Waals surface area contributed by atoms with Crippen LogP contribution in [0.5, 0.6) is 0 Å². The molecule has 0 aromatic carbocycles. The zero-order valence-corrected chi connectivity index (χ0v) is 25.2. The van der Waals surface area contributed by atoms with Gasteiger partial charge < -0.3 is 17.7 Å². The maximum absolute atomic E-state index is 6.76. The van der Waals surface area contributed by atoms with Crippen LogP contribution in [0.4, 0.5) is 0 Å². The molecule has 0 saturated carbocycles. The highest BCUT2D eigenvalue weighted by Crippen LogP contribution is 2.58. The van der Waals surface area contributed by atoms with Crippen LogP contribution in [0, 0.1) is 0 Å². The van der Waals surface area contributed by atoms with E-state index in [0.29, 0.717) is 0 Å². The molecule has 0 atom stereocenters. The lowest BCUT2D eigenvalue weighted by Gasteiger charge is -2.13. The normalized spacial score (nSPS) is 19.0. The van der Waals surface area contributed by atoms with Crippen LogP contribution >= 0.6 is 94.1 Å². The molecule has 4 nitrogen and oxygen atoms in total. The smallest absolute Gasteiger partial charge is 0.186 e. The van der Waals surface area contributed by atoms with Crippen LogP contribution in [0.2, 0.25) is 0 Å². The summed E-state index contributed by atoms with van der Waals surface area (Å²) in [5.41, 5.74) is 0. The Kier molecular flexibility index (Phi) is 6.49. The predicted octanol–water partition coefficient (Wildman–Crippen LogP) is 9.85. The summed E-state index contributed by atoms with van der Waals surface area (Å²) in [4.78, 5) is 9.64. The fourth-order valence-corrected chi connectivity index (χ4v) is 13.8. The van der Waals surface area contributed by atoms with Crippen LogP contribution < -0.4 is 0 Å². The second-order valence-electron chi connectivity index (χ2n) is 8.14. The molecular weight excluding hydrogens is 609 g/mol. The van der Waals surface area contributed by atoms with Gasteiger partial charge in [-0.25, -0.2) is 0 Å². The highest BCUT2D eigenvalue weighted by atomic mass is 32.2. The van der Waals surface area contributed by atoms with Crippen LogP contribution in [-0.4, -0.2) is 46.0 Å². The van der Waals surface area contributed by atoms with Crippen molar-refractivity contribution in [2.45, 2.75) is 39.2 Å². The van der Waals surface area contributed by atoms with Gasteiger partial charge in [-0.2, -0.15) is 0 Å². The SMILES string of the molecule is c1oc(-c2oc(-c3oc(-c4occ5c4SCCS5)c4c3SCCS4)c3c2SCCS3)c2c1SCCS2. The lowest BCUT2D eigenvalue weighted by molar-refractivity contribution is 0.490. The Morgan fingerprint density at radius 3 is 1.06 bits per heavy atom. The third-order valence-electron chi connectivity index (χ3n) is 6.02. The first-order valence-electron chi connectivity index (χ1n) is 11.5. The van der Waals surface area contributed by atoms with E-state index in [-0.39, 0.29) is 0 Å². The van der Waals surface area contributed by atoms with Gasteiger partial charge in [0, 0.05) is 46.0 Å². The molecule has 0 bridgehead atoms. The molecule has 0 N–H and O–H groups in total. The summed E-state index contributed by atoms with van der Waals surface area (Å²) in [5.74, 6) is 13.8. The number of hydrogen-bond acceptors (Lipinski definition) is 12. The van der Waals surface area contributed by atoms with Gasteiger partial charge in [0.15, 0.2) is 34.6 Å². The van der Waals surface area contributed by atoms with E-state index in [4.69, 9.17) is 17.7 Å².